The van der Waals surface area contributed by atoms with Crippen molar-refractivity contribution in [1.29, 1.82) is 0 Å². The van der Waals surface area contributed by atoms with Gasteiger partial charge in [-0.1, -0.05) is 6.07 Å². The number of carbonyl (C=O) groups excluding carboxylic acids is 4. The van der Waals surface area contributed by atoms with Crippen LogP contribution in [0.25, 0.3) is 11.8 Å². The van der Waals surface area contributed by atoms with Gasteiger partial charge in [-0.3, -0.25) is 9.59 Å². The van der Waals surface area contributed by atoms with Crippen LogP contribution in [0.4, 0.5) is 4.79 Å². The first-order valence-corrected chi connectivity index (χ1v) is 9.47. The fourth-order valence-electron chi connectivity index (χ4n) is 3.46. The molecule has 1 fully saturated rings. The number of esters is 2. The lowest BCUT2D eigenvalue weighted by atomic mass is 10.1. The van der Waals surface area contributed by atoms with Crippen LogP contribution in [0.15, 0.2) is 30.0 Å². The molecule has 0 spiro atoms. The number of benzene rings is 1. The zero-order valence-corrected chi connectivity index (χ0v) is 17.9. The van der Waals surface area contributed by atoms with E-state index in [4.69, 9.17) is 4.74 Å². The summed E-state index contributed by atoms with van der Waals surface area (Å²) >= 11 is 0. The summed E-state index contributed by atoms with van der Waals surface area (Å²) in [6, 6.07) is 6.47. The van der Waals surface area contributed by atoms with Crippen LogP contribution in [0, 0.1) is 20.8 Å². The number of ether oxygens (including phenoxy) is 2. The average molecular weight is 425 g/mol. The third-order valence-electron chi connectivity index (χ3n) is 5.12. The number of aryl methyl sites for hydroxylation is 2. The van der Waals surface area contributed by atoms with Crippen molar-refractivity contribution < 1.29 is 28.7 Å². The highest BCUT2D eigenvalue weighted by Crippen LogP contribution is 2.26. The van der Waals surface area contributed by atoms with Gasteiger partial charge in [0.05, 0.1) is 19.8 Å². The molecule has 0 unspecified atom stereocenters. The summed E-state index contributed by atoms with van der Waals surface area (Å²) in [6.07, 6.45) is 1.57. The number of methoxy groups -OCH3 is 2. The minimum Gasteiger partial charge on any atom is -0.468 e. The summed E-state index contributed by atoms with van der Waals surface area (Å²) in [4.78, 5) is 48.9. The number of nitrogens with zero attached hydrogens (tertiary/aromatic N) is 2. The number of imide groups is 1. The van der Waals surface area contributed by atoms with Gasteiger partial charge in [0, 0.05) is 17.1 Å². The van der Waals surface area contributed by atoms with Crippen molar-refractivity contribution in [2.24, 2.45) is 0 Å². The predicted molar refractivity (Wildman–Crippen MR) is 112 cm³/mol. The van der Waals surface area contributed by atoms with Crippen LogP contribution in [-0.4, -0.2) is 54.1 Å². The van der Waals surface area contributed by atoms with E-state index in [1.165, 1.54) is 14.2 Å². The maximum Gasteiger partial charge on any atom is 0.337 e. The Morgan fingerprint density at radius 2 is 1.77 bits per heavy atom. The number of nitrogens with one attached hydrogen (secondary N) is 1. The van der Waals surface area contributed by atoms with E-state index in [1.807, 2.05) is 37.5 Å². The lowest BCUT2D eigenvalue weighted by Gasteiger charge is -2.14. The summed E-state index contributed by atoms with van der Waals surface area (Å²) in [5.74, 6) is -1.73. The van der Waals surface area contributed by atoms with Crippen LogP contribution in [0.3, 0.4) is 0 Å². The highest BCUT2D eigenvalue weighted by Gasteiger charge is 2.35. The van der Waals surface area contributed by atoms with Crippen LogP contribution in [-0.2, 0) is 19.1 Å². The largest absolute Gasteiger partial charge is 0.468 e. The Balaban J connectivity index is 2.00. The van der Waals surface area contributed by atoms with Crippen molar-refractivity contribution in [2.75, 3.05) is 20.8 Å². The molecule has 2 heterocycles. The third kappa shape index (κ3) is 4.07. The van der Waals surface area contributed by atoms with Crippen molar-refractivity contribution in [3.05, 3.63) is 58.0 Å². The van der Waals surface area contributed by atoms with Crippen LogP contribution in [0.5, 0.6) is 0 Å². The second-order valence-electron chi connectivity index (χ2n) is 7.11. The van der Waals surface area contributed by atoms with Gasteiger partial charge in [0.2, 0.25) is 0 Å². The van der Waals surface area contributed by atoms with E-state index in [2.05, 4.69) is 10.1 Å². The van der Waals surface area contributed by atoms with Gasteiger partial charge in [-0.2, -0.15) is 0 Å². The smallest absolute Gasteiger partial charge is 0.337 e. The molecule has 9 nitrogen and oxygen atoms in total. The molecule has 3 rings (SSSR count). The molecule has 1 aliphatic rings. The fraction of sp³-hybridized carbons (Fsp3) is 0.273. The molecule has 2 aromatic rings. The number of rotatable bonds is 5. The van der Waals surface area contributed by atoms with E-state index < -0.39 is 30.4 Å². The van der Waals surface area contributed by atoms with Gasteiger partial charge < -0.3 is 19.4 Å². The van der Waals surface area contributed by atoms with Crippen molar-refractivity contribution in [3.8, 4) is 5.69 Å². The van der Waals surface area contributed by atoms with Gasteiger partial charge >= 0.3 is 18.0 Å². The maximum atomic E-state index is 12.6. The van der Waals surface area contributed by atoms with Crippen LogP contribution in [0.1, 0.15) is 32.9 Å². The Hall–Kier alpha value is -3.88. The molecule has 0 radical (unpaired) electrons. The molecule has 1 aromatic carbocycles. The van der Waals surface area contributed by atoms with Crippen LogP contribution >= 0.6 is 0 Å². The summed E-state index contributed by atoms with van der Waals surface area (Å²) in [6.45, 7) is 5.24. The molecular formula is C22H23N3O6. The Morgan fingerprint density at radius 3 is 2.42 bits per heavy atom. The first-order chi connectivity index (χ1) is 14.7. The Kier molecular flexibility index (Phi) is 5.96. The van der Waals surface area contributed by atoms with Gasteiger partial charge in [-0.05, 0) is 56.2 Å². The topological polar surface area (TPSA) is 107 Å². The normalized spacial score (nSPS) is 14.7. The van der Waals surface area contributed by atoms with Crippen molar-refractivity contribution in [2.45, 2.75) is 20.8 Å². The minimum absolute atomic E-state index is 0.0641. The summed E-state index contributed by atoms with van der Waals surface area (Å²) in [7, 11) is 2.51. The van der Waals surface area contributed by atoms with E-state index in [9.17, 15) is 19.2 Å². The molecule has 162 valence electrons. The quantitative estimate of drug-likeness (QED) is 0.447. The first kappa shape index (κ1) is 21.8. The molecule has 1 aliphatic heterocycles. The van der Waals surface area contributed by atoms with Gasteiger partial charge in [0.15, 0.2) is 0 Å². The van der Waals surface area contributed by atoms with E-state index >= 15 is 0 Å². The fourth-order valence-corrected chi connectivity index (χ4v) is 3.46. The van der Waals surface area contributed by atoms with Gasteiger partial charge in [0.1, 0.15) is 12.2 Å². The van der Waals surface area contributed by atoms with E-state index in [0.717, 1.165) is 27.5 Å². The van der Waals surface area contributed by atoms with E-state index in [1.54, 1.807) is 18.2 Å². The third-order valence-corrected chi connectivity index (χ3v) is 5.12. The molecule has 1 N–H and O–H groups in total. The number of hydrogen-bond donors (Lipinski definition) is 1. The summed E-state index contributed by atoms with van der Waals surface area (Å²) in [5, 5.41) is 2.49. The van der Waals surface area contributed by atoms with Crippen molar-refractivity contribution in [1.82, 2.24) is 14.8 Å². The molecule has 0 aliphatic carbocycles. The second kappa shape index (κ2) is 8.47. The molecule has 0 atom stereocenters. The minimum atomic E-state index is -0.691. The monoisotopic (exact) mass is 425 g/mol. The zero-order valence-electron chi connectivity index (χ0n) is 17.9. The molecule has 1 aromatic heterocycles. The molecular weight excluding hydrogens is 402 g/mol. The molecule has 1 saturated heterocycles. The molecule has 0 bridgehead atoms. The standard InChI is InChI=1S/C22H23N3O6/c1-12-6-7-15(21(28)31-5)10-18(12)25-13(2)8-16(14(25)3)9-17-20(27)24(22(29)23-17)11-19(26)30-4/h6-10H,11H2,1-5H3,(H,23,29)/b17-9+. The SMILES string of the molecule is COC(=O)CN1C(=O)N/C(=C/c2cc(C)n(-c3cc(C(=O)OC)ccc3C)c2C)C1=O. The molecule has 3 amide bonds. The number of hydrogen-bond acceptors (Lipinski definition) is 6. The van der Waals surface area contributed by atoms with Gasteiger partial charge in [0.25, 0.3) is 5.91 Å². The van der Waals surface area contributed by atoms with Gasteiger partial charge in [-0.15, -0.1) is 0 Å². The first-order valence-electron chi connectivity index (χ1n) is 9.47. The number of carbonyl (C=O) groups is 4. The number of urea groups is 1. The van der Waals surface area contributed by atoms with Crippen molar-refractivity contribution in [3.63, 3.8) is 0 Å². The maximum absolute atomic E-state index is 12.6. The lowest BCUT2D eigenvalue weighted by molar-refractivity contribution is -0.143. The Bertz CT molecular complexity index is 1130. The van der Waals surface area contributed by atoms with Crippen LogP contribution < -0.4 is 5.32 Å². The molecule has 0 saturated carbocycles. The Labute approximate surface area is 179 Å². The van der Waals surface area contributed by atoms with Crippen molar-refractivity contribution >= 4 is 30.0 Å². The average Bonchev–Trinajstić information content (AvgIpc) is 3.17. The molecule has 9 heteroatoms. The molecule has 31 heavy (non-hydrogen) atoms. The van der Waals surface area contributed by atoms with E-state index in [0.29, 0.717) is 11.1 Å². The lowest BCUT2D eigenvalue weighted by Crippen LogP contribution is -2.36. The summed E-state index contributed by atoms with van der Waals surface area (Å²) in [5.41, 5.74) is 4.63. The summed E-state index contributed by atoms with van der Waals surface area (Å²) < 4.78 is 11.3. The highest BCUT2D eigenvalue weighted by molar-refractivity contribution is 6.15. The number of aromatic nitrogens is 1. The number of amides is 3. The van der Waals surface area contributed by atoms with E-state index in [-0.39, 0.29) is 5.70 Å². The second-order valence-corrected chi connectivity index (χ2v) is 7.11. The Morgan fingerprint density at radius 1 is 1.06 bits per heavy atom. The predicted octanol–water partition coefficient (Wildman–Crippen LogP) is 2.25. The highest BCUT2D eigenvalue weighted by atomic mass is 16.5. The zero-order chi connectivity index (χ0) is 22.9. The van der Waals surface area contributed by atoms with Crippen LogP contribution in [0.2, 0.25) is 0 Å². The van der Waals surface area contributed by atoms with Gasteiger partial charge in [-0.25, -0.2) is 14.5 Å².